The van der Waals surface area contributed by atoms with Crippen LogP contribution in [0.1, 0.15) is 40.0 Å². The lowest BCUT2D eigenvalue weighted by atomic mass is 9.91. The Balaban J connectivity index is 2.84. The zero-order valence-electron chi connectivity index (χ0n) is 11.7. The second-order valence-corrected chi connectivity index (χ2v) is 5.25. The Labute approximate surface area is 109 Å². The molecule has 0 radical (unpaired) electrons. The van der Waals surface area contributed by atoms with Crippen LogP contribution >= 0.6 is 0 Å². The van der Waals surface area contributed by atoms with Gasteiger partial charge in [-0.3, -0.25) is 0 Å². The maximum atomic E-state index is 12.3. The molecular weight excluding hydrogens is 232 g/mol. The summed E-state index contributed by atoms with van der Waals surface area (Å²) in [5.74, 6) is -0.876. The molecule has 0 spiro atoms. The van der Waals surface area contributed by atoms with Gasteiger partial charge in [-0.15, -0.1) is 0 Å². The van der Waals surface area contributed by atoms with Gasteiger partial charge in [0.15, 0.2) is 0 Å². The second kappa shape index (κ2) is 6.07. The van der Waals surface area contributed by atoms with Gasteiger partial charge in [0.25, 0.3) is 0 Å². The van der Waals surface area contributed by atoms with Crippen LogP contribution in [-0.2, 0) is 4.79 Å². The van der Waals surface area contributed by atoms with E-state index in [4.69, 9.17) is 0 Å². The Morgan fingerprint density at radius 1 is 1.50 bits per heavy atom. The highest BCUT2D eigenvalue weighted by Crippen LogP contribution is 2.25. The van der Waals surface area contributed by atoms with Crippen molar-refractivity contribution in [3.63, 3.8) is 0 Å². The minimum Gasteiger partial charge on any atom is -0.480 e. The normalized spacial score (nSPS) is 25.7. The number of carbonyl (C=O) groups is 2. The molecule has 1 aliphatic heterocycles. The van der Waals surface area contributed by atoms with Gasteiger partial charge in [-0.2, -0.15) is 0 Å². The molecule has 1 fully saturated rings. The smallest absolute Gasteiger partial charge is 0.326 e. The van der Waals surface area contributed by atoms with Gasteiger partial charge in [-0.25, -0.2) is 9.59 Å². The van der Waals surface area contributed by atoms with Gasteiger partial charge in [0.05, 0.1) is 0 Å². The molecule has 1 heterocycles. The first-order chi connectivity index (χ1) is 8.40. The molecule has 3 unspecified atom stereocenters. The fourth-order valence-corrected chi connectivity index (χ4v) is 2.44. The maximum absolute atomic E-state index is 12.3. The molecule has 18 heavy (non-hydrogen) atoms. The Hall–Kier alpha value is -1.26. The van der Waals surface area contributed by atoms with Crippen LogP contribution in [0.25, 0.3) is 0 Å². The van der Waals surface area contributed by atoms with Gasteiger partial charge in [0.1, 0.15) is 6.04 Å². The second-order valence-electron chi connectivity index (χ2n) is 5.25. The largest absolute Gasteiger partial charge is 0.480 e. The van der Waals surface area contributed by atoms with Crippen molar-refractivity contribution < 1.29 is 14.7 Å². The standard InChI is InChI=1S/C13H24N2O3/c1-5-10(3)14(4)13(18)15-8-6-7-9(2)11(15)12(16)17/h9-11H,5-8H2,1-4H3,(H,16,17). The van der Waals surface area contributed by atoms with Gasteiger partial charge in [-0.05, 0) is 32.1 Å². The van der Waals surface area contributed by atoms with Crippen LogP contribution in [0, 0.1) is 5.92 Å². The van der Waals surface area contributed by atoms with Crippen molar-refractivity contribution in [3.8, 4) is 0 Å². The van der Waals surface area contributed by atoms with Gasteiger partial charge < -0.3 is 14.9 Å². The number of rotatable bonds is 3. The van der Waals surface area contributed by atoms with Crippen LogP contribution in [0.3, 0.4) is 0 Å². The monoisotopic (exact) mass is 256 g/mol. The molecule has 5 nitrogen and oxygen atoms in total. The summed E-state index contributed by atoms with van der Waals surface area (Å²) in [5, 5.41) is 9.29. The van der Waals surface area contributed by atoms with E-state index < -0.39 is 12.0 Å². The van der Waals surface area contributed by atoms with Gasteiger partial charge in [-0.1, -0.05) is 13.8 Å². The topological polar surface area (TPSA) is 60.9 Å². The molecule has 3 atom stereocenters. The highest BCUT2D eigenvalue weighted by Gasteiger charge is 2.38. The first-order valence-corrected chi connectivity index (χ1v) is 6.66. The lowest BCUT2D eigenvalue weighted by Gasteiger charge is -2.40. The van der Waals surface area contributed by atoms with Gasteiger partial charge >= 0.3 is 12.0 Å². The molecule has 5 heteroatoms. The molecule has 1 N–H and O–H groups in total. The van der Waals surface area contributed by atoms with Crippen LogP contribution in [0.4, 0.5) is 4.79 Å². The fraction of sp³-hybridized carbons (Fsp3) is 0.846. The average molecular weight is 256 g/mol. The van der Waals surface area contributed by atoms with Gasteiger partial charge in [0.2, 0.25) is 0 Å². The number of amides is 2. The van der Waals surface area contributed by atoms with E-state index in [2.05, 4.69) is 0 Å². The minimum atomic E-state index is -0.895. The first kappa shape index (κ1) is 14.8. The SMILES string of the molecule is CCC(C)N(C)C(=O)N1CCCC(C)C1C(=O)O. The number of carboxylic acids is 1. The molecule has 0 bridgehead atoms. The van der Waals surface area contributed by atoms with Gasteiger partial charge in [0, 0.05) is 19.6 Å². The summed E-state index contributed by atoms with van der Waals surface area (Å²) in [7, 11) is 1.74. The maximum Gasteiger partial charge on any atom is 0.326 e. The molecule has 0 aromatic rings. The number of urea groups is 1. The molecule has 0 aromatic carbocycles. The van der Waals surface area contributed by atoms with Crippen molar-refractivity contribution in [3.05, 3.63) is 0 Å². The number of aliphatic carboxylic acids is 1. The van der Waals surface area contributed by atoms with E-state index in [-0.39, 0.29) is 18.0 Å². The van der Waals surface area contributed by atoms with E-state index in [1.807, 2.05) is 20.8 Å². The number of piperidine rings is 1. The van der Waals surface area contributed by atoms with E-state index in [0.29, 0.717) is 6.54 Å². The quantitative estimate of drug-likeness (QED) is 0.840. The molecule has 1 saturated heterocycles. The van der Waals surface area contributed by atoms with E-state index in [0.717, 1.165) is 19.3 Å². The number of hydrogen-bond donors (Lipinski definition) is 1. The van der Waals surface area contributed by atoms with Crippen molar-refractivity contribution in [2.75, 3.05) is 13.6 Å². The third-order valence-electron chi connectivity index (χ3n) is 3.99. The lowest BCUT2D eigenvalue weighted by Crippen LogP contribution is -2.56. The average Bonchev–Trinajstić information content (AvgIpc) is 2.35. The molecule has 2 amide bonds. The molecular formula is C13H24N2O3. The summed E-state index contributed by atoms with van der Waals surface area (Å²) in [6, 6.07) is -0.717. The molecule has 1 aliphatic rings. The Bertz CT molecular complexity index is 319. The van der Waals surface area contributed by atoms with Crippen molar-refractivity contribution in [2.24, 2.45) is 5.92 Å². The zero-order valence-corrected chi connectivity index (χ0v) is 11.7. The van der Waals surface area contributed by atoms with Crippen LogP contribution in [0.15, 0.2) is 0 Å². The summed E-state index contributed by atoms with van der Waals surface area (Å²) in [5.41, 5.74) is 0. The van der Waals surface area contributed by atoms with Crippen LogP contribution in [0.2, 0.25) is 0 Å². The van der Waals surface area contributed by atoms with Crippen LogP contribution < -0.4 is 0 Å². The number of carboxylic acid groups (broad SMARTS) is 1. The predicted molar refractivity (Wildman–Crippen MR) is 69.4 cm³/mol. The van der Waals surface area contributed by atoms with Crippen molar-refractivity contribution >= 4 is 12.0 Å². The minimum absolute atomic E-state index is 0.0190. The number of carbonyl (C=O) groups excluding carboxylic acids is 1. The summed E-state index contributed by atoms with van der Waals surface area (Å²) in [6.07, 6.45) is 2.61. The first-order valence-electron chi connectivity index (χ1n) is 6.66. The molecule has 104 valence electrons. The van der Waals surface area contributed by atoms with E-state index >= 15 is 0 Å². The Morgan fingerprint density at radius 3 is 2.61 bits per heavy atom. The predicted octanol–water partition coefficient (Wildman–Crippen LogP) is 2.02. The fourth-order valence-electron chi connectivity index (χ4n) is 2.44. The number of hydrogen-bond acceptors (Lipinski definition) is 2. The summed E-state index contributed by atoms with van der Waals surface area (Å²) in [4.78, 5) is 26.8. The van der Waals surface area contributed by atoms with Crippen LogP contribution in [0.5, 0.6) is 0 Å². The van der Waals surface area contributed by atoms with E-state index in [9.17, 15) is 14.7 Å². The third-order valence-corrected chi connectivity index (χ3v) is 3.99. The molecule has 0 aliphatic carbocycles. The van der Waals surface area contributed by atoms with Crippen molar-refractivity contribution in [2.45, 2.75) is 52.1 Å². The van der Waals surface area contributed by atoms with Crippen LogP contribution in [-0.4, -0.2) is 52.6 Å². The summed E-state index contributed by atoms with van der Waals surface area (Å²) >= 11 is 0. The summed E-state index contributed by atoms with van der Waals surface area (Å²) < 4.78 is 0. The zero-order chi connectivity index (χ0) is 13.9. The highest BCUT2D eigenvalue weighted by molar-refractivity contribution is 5.83. The van der Waals surface area contributed by atoms with Crippen molar-refractivity contribution in [1.29, 1.82) is 0 Å². The number of likely N-dealkylation sites (tertiary alicyclic amines) is 1. The van der Waals surface area contributed by atoms with E-state index in [1.165, 1.54) is 4.90 Å². The number of nitrogens with zero attached hydrogens (tertiary/aromatic N) is 2. The molecule has 1 rings (SSSR count). The van der Waals surface area contributed by atoms with E-state index in [1.54, 1.807) is 11.9 Å². The Morgan fingerprint density at radius 2 is 2.11 bits per heavy atom. The van der Waals surface area contributed by atoms with Crippen molar-refractivity contribution in [1.82, 2.24) is 9.80 Å². The third kappa shape index (κ3) is 2.94. The highest BCUT2D eigenvalue weighted by atomic mass is 16.4. The molecule has 0 saturated carbocycles. The lowest BCUT2D eigenvalue weighted by molar-refractivity contribution is -0.145. The Kier molecular flexibility index (Phi) is 4.99. The summed E-state index contributed by atoms with van der Waals surface area (Å²) in [6.45, 7) is 6.44. The molecule has 0 aromatic heterocycles.